The quantitative estimate of drug-likeness (QED) is 0.174. The summed E-state index contributed by atoms with van der Waals surface area (Å²) in [5, 5.41) is 12.8. The number of guanidine groups is 1. The minimum Gasteiger partial charge on any atom is -0.466 e. The first-order valence-electron chi connectivity index (χ1n) is 11.1. The van der Waals surface area contributed by atoms with Crippen molar-refractivity contribution in [1.82, 2.24) is 9.55 Å². The van der Waals surface area contributed by atoms with Crippen molar-refractivity contribution in [2.75, 3.05) is 17.2 Å². The van der Waals surface area contributed by atoms with E-state index in [1.54, 1.807) is 49.6 Å². The van der Waals surface area contributed by atoms with E-state index in [9.17, 15) is 9.59 Å². The average molecular weight is 471 g/mol. The molecule has 0 fully saturated rings. The molecule has 4 aromatic rings. The number of carbonyl (C=O) groups excluding carboxylic acids is 2. The standard InChI is InChI=1S/C26H26N6O3/c1-2-35-24(33)15-23(17-6-4-3-5-7-17)32-16-29-21-14-20(12-13-22(21)32)30-25(34)18-8-10-19(11-9-18)31-26(27)28/h3-14,16,23H,2,15H2,1H3,(H,30,34)(H4,27,28,31). The van der Waals surface area contributed by atoms with Crippen LogP contribution in [-0.2, 0) is 9.53 Å². The lowest BCUT2D eigenvalue weighted by molar-refractivity contribution is -0.143. The molecule has 1 unspecified atom stereocenters. The minimum atomic E-state index is -0.281. The van der Waals surface area contributed by atoms with E-state index < -0.39 is 0 Å². The van der Waals surface area contributed by atoms with Gasteiger partial charge >= 0.3 is 5.97 Å². The first-order chi connectivity index (χ1) is 16.9. The molecule has 0 spiro atoms. The third-order valence-electron chi connectivity index (χ3n) is 5.44. The van der Waals surface area contributed by atoms with Crippen molar-refractivity contribution in [3.05, 3.63) is 90.3 Å². The van der Waals surface area contributed by atoms with Crippen molar-refractivity contribution in [2.45, 2.75) is 19.4 Å². The summed E-state index contributed by atoms with van der Waals surface area (Å²) in [5.41, 5.74) is 9.50. The van der Waals surface area contributed by atoms with E-state index in [1.165, 1.54) is 0 Å². The molecule has 0 saturated heterocycles. The number of ether oxygens (including phenoxy) is 1. The molecule has 178 valence electrons. The fourth-order valence-corrected chi connectivity index (χ4v) is 3.85. The third-order valence-corrected chi connectivity index (χ3v) is 5.44. The van der Waals surface area contributed by atoms with Gasteiger partial charge in [-0.3, -0.25) is 15.0 Å². The van der Waals surface area contributed by atoms with Crippen molar-refractivity contribution in [3.8, 4) is 0 Å². The fourth-order valence-electron chi connectivity index (χ4n) is 3.85. The van der Waals surface area contributed by atoms with Gasteiger partial charge < -0.3 is 25.7 Å². The maximum Gasteiger partial charge on any atom is 0.308 e. The van der Waals surface area contributed by atoms with E-state index in [1.807, 2.05) is 41.0 Å². The number of nitrogens with zero attached hydrogens (tertiary/aromatic N) is 2. The van der Waals surface area contributed by atoms with Crippen LogP contribution in [0.4, 0.5) is 11.4 Å². The van der Waals surface area contributed by atoms with E-state index >= 15 is 0 Å². The Hall–Kier alpha value is -4.66. The van der Waals surface area contributed by atoms with Gasteiger partial charge in [0.25, 0.3) is 5.91 Å². The maximum atomic E-state index is 12.7. The topological polar surface area (TPSA) is 135 Å². The highest BCUT2D eigenvalue weighted by atomic mass is 16.5. The molecule has 0 aliphatic rings. The average Bonchev–Trinajstić information content (AvgIpc) is 3.26. The molecule has 0 radical (unpaired) electrons. The number of imidazole rings is 1. The molecule has 0 aliphatic carbocycles. The van der Waals surface area contributed by atoms with E-state index in [0.717, 1.165) is 11.1 Å². The molecule has 35 heavy (non-hydrogen) atoms. The van der Waals surface area contributed by atoms with Crippen LogP contribution in [-0.4, -0.2) is 34.0 Å². The Labute approximate surface area is 202 Å². The number of nitrogens with one attached hydrogen (secondary N) is 3. The van der Waals surface area contributed by atoms with Crippen LogP contribution in [0.15, 0.2) is 79.1 Å². The van der Waals surface area contributed by atoms with E-state index in [2.05, 4.69) is 15.6 Å². The maximum absolute atomic E-state index is 12.7. The predicted octanol–water partition coefficient (Wildman–Crippen LogP) is 4.14. The largest absolute Gasteiger partial charge is 0.466 e. The number of fused-ring (bicyclic) bond motifs is 1. The Morgan fingerprint density at radius 1 is 1.03 bits per heavy atom. The highest BCUT2D eigenvalue weighted by molar-refractivity contribution is 6.05. The van der Waals surface area contributed by atoms with Crippen LogP contribution in [0.5, 0.6) is 0 Å². The second-order valence-corrected chi connectivity index (χ2v) is 7.86. The summed E-state index contributed by atoms with van der Waals surface area (Å²) in [6, 6.07) is 21.6. The smallest absolute Gasteiger partial charge is 0.308 e. The first kappa shape index (κ1) is 23.5. The number of benzene rings is 3. The molecule has 5 N–H and O–H groups in total. The van der Waals surface area contributed by atoms with Crippen molar-refractivity contribution < 1.29 is 14.3 Å². The van der Waals surface area contributed by atoms with E-state index in [4.69, 9.17) is 15.9 Å². The highest BCUT2D eigenvalue weighted by Gasteiger charge is 2.21. The van der Waals surface area contributed by atoms with Gasteiger partial charge in [0.1, 0.15) is 0 Å². The Morgan fingerprint density at radius 3 is 2.43 bits per heavy atom. The normalized spacial score (nSPS) is 11.6. The molecule has 0 bridgehead atoms. The van der Waals surface area contributed by atoms with E-state index in [-0.39, 0.29) is 30.3 Å². The molecule has 1 amide bonds. The SMILES string of the molecule is CCOC(=O)CC(c1ccccc1)n1cnc2cc(NC(=O)c3ccc(NC(=N)N)cc3)ccc21. The summed E-state index contributed by atoms with van der Waals surface area (Å²) >= 11 is 0. The summed E-state index contributed by atoms with van der Waals surface area (Å²) in [6.07, 6.45) is 1.88. The van der Waals surface area contributed by atoms with Crippen molar-refractivity contribution >= 4 is 40.2 Å². The number of carbonyl (C=O) groups is 2. The van der Waals surface area contributed by atoms with Gasteiger partial charge in [-0.05, 0) is 55.0 Å². The molecule has 4 rings (SSSR count). The Morgan fingerprint density at radius 2 is 1.74 bits per heavy atom. The van der Waals surface area contributed by atoms with Gasteiger partial charge in [-0.2, -0.15) is 0 Å². The summed E-state index contributed by atoms with van der Waals surface area (Å²) in [5.74, 6) is -0.731. The van der Waals surface area contributed by atoms with Gasteiger partial charge in [0.15, 0.2) is 5.96 Å². The molecule has 0 saturated carbocycles. The van der Waals surface area contributed by atoms with Crippen LogP contribution in [0.3, 0.4) is 0 Å². The number of esters is 1. The van der Waals surface area contributed by atoms with Gasteiger partial charge in [-0.15, -0.1) is 0 Å². The van der Waals surface area contributed by atoms with Gasteiger partial charge in [0.2, 0.25) is 0 Å². The number of anilines is 2. The molecular weight excluding hydrogens is 444 g/mol. The monoisotopic (exact) mass is 470 g/mol. The summed E-state index contributed by atoms with van der Waals surface area (Å²) in [7, 11) is 0. The zero-order valence-electron chi connectivity index (χ0n) is 19.2. The number of aromatic nitrogens is 2. The lowest BCUT2D eigenvalue weighted by Crippen LogP contribution is -2.20. The van der Waals surface area contributed by atoms with Gasteiger partial charge in [-0.25, -0.2) is 4.98 Å². The Kier molecular flexibility index (Phi) is 7.06. The lowest BCUT2D eigenvalue weighted by Gasteiger charge is -2.19. The van der Waals surface area contributed by atoms with Gasteiger partial charge in [-0.1, -0.05) is 30.3 Å². The van der Waals surface area contributed by atoms with Gasteiger partial charge in [0, 0.05) is 16.9 Å². The fraction of sp³-hybridized carbons (Fsp3) is 0.154. The van der Waals surface area contributed by atoms with Crippen molar-refractivity contribution in [3.63, 3.8) is 0 Å². The highest BCUT2D eigenvalue weighted by Crippen LogP contribution is 2.28. The molecule has 1 atom stereocenters. The van der Waals surface area contributed by atoms with Crippen molar-refractivity contribution in [1.29, 1.82) is 5.41 Å². The summed E-state index contributed by atoms with van der Waals surface area (Å²) in [6.45, 7) is 2.11. The second-order valence-electron chi connectivity index (χ2n) is 7.86. The number of nitrogens with two attached hydrogens (primary N) is 1. The lowest BCUT2D eigenvalue weighted by atomic mass is 10.0. The minimum absolute atomic E-state index is 0.174. The van der Waals surface area contributed by atoms with Gasteiger partial charge in [0.05, 0.1) is 36.4 Å². The summed E-state index contributed by atoms with van der Waals surface area (Å²) in [4.78, 5) is 29.5. The predicted molar refractivity (Wildman–Crippen MR) is 135 cm³/mol. The molecule has 9 nitrogen and oxygen atoms in total. The zero-order chi connectivity index (χ0) is 24.8. The molecule has 1 aromatic heterocycles. The number of amides is 1. The molecule has 1 heterocycles. The van der Waals surface area contributed by atoms with Crippen LogP contribution in [0, 0.1) is 5.41 Å². The number of hydrogen-bond acceptors (Lipinski definition) is 5. The van der Waals surface area contributed by atoms with E-state index in [0.29, 0.717) is 29.1 Å². The number of rotatable bonds is 8. The Bertz CT molecular complexity index is 1350. The first-order valence-corrected chi connectivity index (χ1v) is 11.1. The Balaban J connectivity index is 1.56. The van der Waals surface area contributed by atoms with Crippen molar-refractivity contribution in [2.24, 2.45) is 5.73 Å². The molecule has 0 aliphatic heterocycles. The molecular formula is C26H26N6O3. The molecule has 3 aromatic carbocycles. The summed E-state index contributed by atoms with van der Waals surface area (Å²) < 4.78 is 7.15. The van der Waals surface area contributed by atoms with Crippen LogP contribution in [0.1, 0.15) is 35.3 Å². The van der Waals surface area contributed by atoms with Crippen LogP contribution < -0.4 is 16.4 Å². The third kappa shape index (κ3) is 5.64. The zero-order valence-corrected chi connectivity index (χ0v) is 19.2. The van der Waals surface area contributed by atoms with Crippen LogP contribution in [0.25, 0.3) is 11.0 Å². The van der Waals surface area contributed by atoms with Crippen LogP contribution in [0.2, 0.25) is 0 Å². The van der Waals surface area contributed by atoms with Crippen LogP contribution >= 0.6 is 0 Å². The second kappa shape index (κ2) is 10.5. The molecule has 9 heteroatoms. The number of hydrogen-bond donors (Lipinski definition) is 4.